The van der Waals surface area contributed by atoms with Crippen LogP contribution in [0.15, 0.2) is 59.5 Å². The van der Waals surface area contributed by atoms with Crippen molar-refractivity contribution in [3.8, 4) is 0 Å². The lowest BCUT2D eigenvalue weighted by atomic mass is 9.91. The average molecular weight is 378 g/mol. The molecule has 138 valence electrons. The fourth-order valence-corrected chi connectivity index (χ4v) is 3.51. The van der Waals surface area contributed by atoms with Crippen molar-refractivity contribution < 1.29 is 4.79 Å². The van der Waals surface area contributed by atoms with Crippen LogP contribution in [0.5, 0.6) is 0 Å². The summed E-state index contributed by atoms with van der Waals surface area (Å²) in [7, 11) is 0. The fourth-order valence-electron chi connectivity index (χ4n) is 2.48. The van der Waals surface area contributed by atoms with Gasteiger partial charge in [0.25, 0.3) is 5.56 Å². The molecule has 27 heavy (non-hydrogen) atoms. The molecule has 0 bridgehead atoms. The number of pyridine rings is 1. The van der Waals surface area contributed by atoms with Gasteiger partial charge in [-0.25, -0.2) is 0 Å². The number of aromatic nitrogens is 2. The highest BCUT2D eigenvalue weighted by atomic mass is 32.1. The maximum Gasteiger partial charge on any atom is 0.269 e. The molecular weight excluding hydrogens is 356 g/mol. The third kappa shape index (κ3) is 4.68. The number of hydrogen-bond donors (Lipinski definition) is 0. The first-order chi connectivity index (χ1) is 12.8. The van der Waals surface area contributed by atoms with Crippen LogP contribution < -0.4 is 14.8 Å². The quantitative estimate of drug-likeness (QED) is 0.701. The normalized spacial score (nSPS) is 13.1. The van der Waals surface area contributed by atoms with E-state index >= 15 is 0 Å². The molecule has 0 amide bonds. The van der Waals surface area contributed by atoms with Crippen LogP contribution in [-0.2, 0) is 11.3 Å². The second kappa shape index (κ2) is 7.84. The maximum absolute atomic E-state index is 13.0. The minimum Gasteiger partial charge on any atom is -0.294 e. The van der Waals surface area contributed by atoms with Gasteiger partial charge in [0, 0.05) is 17.7 Å². The summed E-state index contributed by atoms with van der Waals surface area (Å²) in [4.78, 5) is 29.8. The van der Waals surface area contributed by atoms with Crippen molar-refractivity contribution in [3.63, 3.8) is 0 Å². The van der Waals surface area contributed by atoms with Crippen LogP contribution in [0.2, 0.25) is 0 Å². The molecule has 2 aromatic heterocycles. The van der Waals surface area contributed by atoms with E-state index < -0.39 is 5.41 Å². The number of rotatable bonds is 4. The van der Waals surface area contributed by atoms with Crippen molar-refractivity contribution >= 4 is 29.3 Å². The summed E-state index contributed by atoms with van der Waals surface area (Å²) < 4.78 is 2.89. The Hall–Kier alpha value is -2.79. The number of nitrogens with zero attached hydrogens (tertiary/aromatic N) is 2. The fraction of sp³-hybridized carbons (Fsp3) is 0.227. The van der Waals surface area contributed by atoms with Crippen molar-refractivity contribution in [2.75, 3.05) is 0 Å². The van der Waals surface area contributed by atoms with Crippen molar-refractivity contribution in [3.05, 3.63) is 85.5 Å². The topological polar surface area (TPSA) is 52.0 Å². The minimum atomic E-state index is -0.498. The van der Waals surface area contributed by atoms with Crippen molar-refractivity contribution in [1.29, 1.82) is 0 Å². The highest BCUT2D eigenvalue weighted by Gasteiger charge is 2.19. The van der Waals surface area contributed by atoms with Crippen molar-refractivity contribution in [2.45, 2.75) is 27.3 Å². The molecule has 0 radical (unpaired) electrons. The van der Waals surface area contributed by atoms with Crippen LogP contribution in [0, 0.1) is 5.41 Å². The summed E-state index contributed by atoms with van der Waals surface area (Å²) in [5.41, 5.74) is 1.13. The predicted octanol–water partition coefficient (Wildman–Crippen LogP) is 2.58. The molecule has 0 aliphatic rings. The first kappa shape index (κ1) is 19.0. The summed E-state index contributed by atoms with van der Waals surface area (Å²) in [6, 6.07) is 15.3. The molecule has 0 spiro atoms. The molecular formula is C22H22N2O2S. The molecule has 0 fully saturated rings. The highest BCUT2D eigenvalue weighted by molar-refractivity contribution is 7.07. The summed E-state index contributed by atoms with van der Waals surface area (Å²) in [5.74, 6) is -0.00468. The van der Waals surface area contributed by atoms with Gasteiger partial charge in [-0.05, 0) is 23.8 Å². The van der Waals surface area contributed by atoms with Gasteiger partial charge in [0.2, 0.25) is 0 Å². The number of ketones is 1. The Balaban J connectivity index is 2.17. The summed E-state index contributed by atoms with van der Waals surface area (Å²) in [6.07, 6.45) is 5.05. The van der Waals surface area contributed by atoms with E-state index in [1.165, 1.54) is 11.3 Å². The zero-order valence-corrected chi connectivity index (χ0v) is 16.5. The molecule has 0 unspecified atom stereocenters. The molecule has 4 nitrogen and oxygen atoms in total. The molecule has 3 rings (SSSR count). The van der Waals surface area contributed by atoms with Gasteiger partial charge in [-0.15, -0.1) is 11.3 Å². The Morgan fingerprint density at radius 2 is 1.81 bits per heavy atom. The Bertz CT molecular complexity index is 1110. The summed E-state index contributed by atoms with van der Waals surface area (Å²) in [5, 5.41) is 0. The molecule has 0 saturated heterocycles. The molecule has 0 aliphatic carbocycles. The lowest BCUT2D eigenvalue weighted by Crippen LogP contribution is -2.32. The first-order valence-electron chi connectivity index (χ1n) is 8.77. The van der Waals surface area contributed by atoms with E-state index in [9.17, 15) is 9.59 Å². The van der Waals surface area contributed by atoms with Gasteiger partial charge in [0.1, 0.15) is 4.66 Å². The zero-order valence-electron chi connectivity index (χ0n) is 15.7. The monoisotopic (exact) mass is 378 g/mol. The first-order valence-corrected chi connectivity index (χ1v) is 9.59. The van der Waals surface area contributed by atoms with Crippen molar-refractivity contribution in [2.24, 2.45) is 5.41 Å². The van der Waals surface area contributed by atoms with Gasteiger partial charge in [-0.1, -0.05) is 57.2 Å². The molecule has 0 atom stereocenters. The summed E-state index contributed by atoms with van der Waals surface area (Å²) >= 11 is 1.32. The van der Waals surface area contributed by atoms with E-state index in [1.54, 1.807) is 22.9 Å². The second-order valence-corrected chi connectivity index (χ2v) is 8.40. The van der Waals surface area contributed by atoms with Crippen LogP contribution in [0.1, 0.15) is 32.0 Å². The number of hydrogen-bond acceptors (Lipinski definition) is 4. The molecule has 0 N–H and O–H groups in total. The number of Topliss-reactive ketones (excluding diaryl/α,β-unsaturated/α-hetero) is 1. The molecule has 2 heterocycles. The second-order valence-electron chi connectivity index (χ2n) is 7.34. The Morgan fingerprint density at radius 1 is 1.11 bits per heavy atom. The Labute approximate surface area is 162 Å². The van der Waals surface area contributed by atoms with E-state index in [2.05, 4.69) is 4.98 Å². The molecule has 3 aromatic rings. The molecule has 0 saturated carbocycles. The highest BCUT2D eigenvalue weighted by Crippen LogP contribution is 2.14. The SMILES string of the molecule is CC(C)(C)C(=O)C=c1sc(=Cc2ccccn2)c(=O)n1Cc1ccccc1. The van der Waals surface area contributed by atoms with Crippen LogP contribution in [0.25, 0.3) is 12.2 Å². The average Bonchev–Trinajstić information content (AvgIpc) is 2.91. The third-order valence-electron chi connectivity index (χ3n) is 4.08. The van der Waals surface area contributed by atoms with Crippen LogP contribution in [0.4, 0.5) is 0 Å². The standard InChI is InChI=1S/C22H22N2O2S/c1-22(2,3)19(25)14-20-24(15-16-9-5-4-6-10-16)21(26)18(27-20)13-17-11-7-8-12-23-17/h4-14H,15H2,1-3H3. The van der Waals surface area contributed by atoms with E-state index in [-0.39, 0.29) is 11.3 Å². The van der Waals surface area contributed by atoms with Gasteiger partial charge in [0.05, 0.1) is 16.8 Å². The largest absolute Gasteiger partial charge is 0.294 e. The van der Waals surface area contributed by atoms with Gasteiger partial charge >= 0.3 is 0 Å². The number of thiazole rings is 1. The maximum atomic E-state index is 13.0. The van der Waals surface area contributed by atoms with Crippen molar-refractivity contribution in [1.82, 2.24) is 9.55 Å². The van der Waals surface area contributed by atoms with E-state index in [0.717, 1.165) is 11.3 Å². The number of carbonyl (C=O) groups excluding carboxylic acids is 1. The lowest BCUT2D eigenvalue weighted by Gasteiger charge is -2.13. The van der Waals surface area contributed by atoms with E-state index in [4.69, 9.17) is 0 Å². The van der Waals surface area contributed by atoms with Crippen LogP contribution >= 0.6 is 11.3 Å². The van der Waals surface area contributed by atoms with Crippen LogP contribution in [0.3, 0.4) is 0 Å². The Kier molecular flexibility index (Phi) is 5.51. The Morgan fingerprint density at radius 3 is 2.44 bits per heavy atom. The van der Waals surface area contributed by atoms with Crippen LogP contribution in [-0.4, -0.2) is 15.3 Å². The number of benzene rings is 1. The zero-order chi connectivity index (χ0) is 19.4. The molecule has 0 aliphatic heterocycles. The number of carbonyl (C=O) groups is 1. The van der Waals surface area contributed by atoms with Gasteiger partial charge in [-0.2, -0.15) is 0 Å². The summed E-state index contributed by atoms with van der Waals surface area (Å²) in [6.45, 7) is 6.05. The van der Waals surface area contributed by atoms with Gasteiger partial charge in [0.15, 0.2) is 5.78 Å². The van der Waals surface area contributed by atoms with E-state index in [1.807, 2.05) is 69.3 Å². The van der Waals surface area contributed by atoms with E-state index in [0.29, 0.717) is 15.7 Å². The third-order valence-corrected chi connectivity index (χ3v) is 5.14. The molecule has 5 heteroatoms. The predicted molar refractivity (Wildman–Crippen MR) is 110 cm³/mol. The lowest BCUT2D eigenvalue weighted by molar-refractivity contribution is -0.120. The molecule has 1 aromatic carbocycles. The van der Waals surface area contributed by atoms with Gasteiger partial charge in [-0.3, -0.25) is 19.1 Å². The minimum absolute atomic E-state index is 0.00468. The smallest absolute Gasteiger partial charge is 0.269 e. The van der Waals surface area contributed by atoms with Gasteiger partial charge < -0.3 is 0 Å².